The summed E-state index contributed by atoms with van der Waals surface area (Å²) in [6, 6.07) is 4.34. The van der Waals surface area contributed by atoms with Crippen molar-refractivity contribution in [3.63, 3.8) is 0 Å². The number of hydrogen-bond donors (Lipinski definition) is 0. The molecule has 0 fully saturated rings. The Balaban J connectivity index is 2.76. The van der Waals surface area contributed by atoms with Crippen molar-refractivity contribution >= 4 is 15.9 Å². The maximum atomic E-state index is 13.3. The van der Waals surface area contributed by atoms with Crippen LogP contribution < -0.4 is 0 Å². The molecule has 0 heterocycles. The zero-order valence-electron chi connectivity index (χ0n) is 8.93. The molecular weight excluding hydrogens is 262 g/mol. The summed E-state index contributed by atoms with van der Waals surface area (Å²) in [7, 11) is 0. The third-order valence-corrected chi connectivity index (χ3v) is 4.13. The lowest BCUT2D eigenvalue weighted by Crippen LogP contribution is -2.13. The van der Waals surface area contributed by atoms with Gasteiger partial charge in [0.15, 0.2) is 11.6 Å². The van der Waals surface area contributed by atoms with E-state index in [0.29, 0.717) is 22.7 Å². The molecule has 1 aromatic carbocycles. The Labute approximate surface area is 97.8 Å². The summed E-state index contributed by atoms with van der Waals surface area (Å²) < 4.78 is 26.3. The van der Waals surface area contributed by atoms with Gasteiger partial charge in [0.1, 0.15) is 0 Å². The van der Waals surface area contributed by atoms with Crippen LogP contribution in [-0.4, -0.2) is 4.83 Å². The van der Waals surface area contributed by atoms with Crippen LogP contribution in [0, 0.1) is 17.6 Å². The predicted molar refractivity (Wildman–Crippen MR) is 62.2 cm³/mol. The summed E-state index contributed by atoms with van der Waals surface area (Å²) in [4.78, 5) is 0.347. The van der Waals surface area contributed by atoms with Crippen LogP contribution >= 0.6 is 15.9 Å². The first-order chi connectivity index (χ1) is 7.06. The van der Waals surface area contributed by atoms with Crippen LogP contribution in [0.3, 0.4) is 0 Å². The van der Waals surface area contributed by atoms with E-state index >= 15 is 0 Å². The maximum Gasteiger partial charge on any atom is 0.162 e. The van der Waals surface area contributed by atoms with Gasteiger partial charge in [0.25, 0.3) is 0 Å². The Hall–Kier alpha value is -0.440. The molecule has 1 aromatic rings. The zero-order chi connectivity index (χ0) is 11.4. The second-order valence-electron chi connectivity index (χ2n) is 3.82. The Morgan fingerprint density at radius 3 is 2.60 bits per heavy atom. The van der Waals surface area contributed by atoms with Crippen molar-refractivity contribution < 1.29 is 8.78 Å². The molecule has 1 rings (SSSR count). The number of halogens is 3. The van der Waals surface area contributed by atoms with Gasteiger partial charge >= 0.3 is 0 Å². The molecule has 0 saturated carbocycles. The SMILES string of the molecule is CCC(Br)C(C)Cc1cccc(F)c1F. The van der Waals surface area contributed by atoms with E-state index < -0.39 is 11.6 Å². The van der Waals surface area contributed by atoms with E-state index in [0.717, 1.165) is 12.5 Å². The first kappa shape index (κ1) is 12.6. The maximum absolute atomic E-state index is 13.3. The van der Waals surface area contributed by atoms with Crippen LogP contribution in [0.15, 0.2) is 18.2 Å². The highest BCUT2D eigenvalue weighted by atomic mass is 79.9. The van der Waals surface area contributed by atoms with Gasteiger partial charge in [-0.1, -0.05) is 41.9 Å². The number of alkyl halides is 1. The van der Waals surface area contributed by atoms with E-state index in [9.17, 15) is 8.78 Å². The average molecular weight is 277 g/mol. The fraction of sp³-hybridized carbons (Fsp3) is 0.500. The third-order valence-electron chi connectivity index (χ3n) is 2.58. The lowest BCUT2D eigenvalue weighted by Gasteiger charge is -2.16. The van der Waals surface area contributed by atoms with Gasteiger partial charge in [0.2, 0.25) is 0 Å². The largest absolute Gasteiger partial charge is 0.204 e. The first-order valence-electron chi connectivity index (χ1n) is 5.13. The summed E-state index contributed by atoms with van der Waals surface area (Å²) >= 11 is 3.53. The number of hydrogen-bond acceptors (Lipinski definition) is 0. The van der Waals surface area contributed by atoms with E-state index in [-0.39, 0.29) is 0 Å². The molecule has 0 spiro atoms. The molecule has 0 nitrogen and oxygen atoms in total. The Kier molecular flexibility index (Phi) is 4.71. The topological polar surface area (TPSA) is 0 Å². The molecule has 0 aliphatic heterocycles. The second kappa shape index (κ2) is 5.59. The van der Waals surface area contributed by atoms with Gasteiger partial charge in [-0.05, 0) is 30.4 Å². The molecule has 0 radical (unpaired) electrons. The van der Waals surface area contributed by atoms with Gasteiger partial charge in [0.05, 0.1) is 0 Å². The molecule has 0 amide bonds. The molecule has 0 aliphatic carbocycles. The molecular formula is C12H15BrF2. The highest BCUT2D eigenvalue weighted by molar-refractivity contribution is 9.09. The van der Waals surface area contributed by atoms with Gasteiger partial charge in [-0.3, -0.25) is 0 Å². The minimum Gasteiger partial charge on any atom is -0.204 e. The molecule has 3 heteroatoms. The van der Waals surface area contributed by atoms with Crippen molar-refractivity contribution in [1.82, 2.24) is 0 Å². The minimum atomic E-state index is -0.762. The summed E-state index contributed by atoms with van der Waals surface area (Å²) in [6.07, 6.45) is 1.55. The van der Waals surface area contributed by atoms with Gasteiger partial charge in [-0.25, -0.2) is 8.78 Å². The van der Waals surface area contributed by atoms with Crippen molar-refractivity contribution in [2.45, 2.75) is 31.5 Å². The van der Waals surface area contributed by atoms with Crippen molar-refractivity contribution in [2.24, 2.45) is 5.92 Å². The van der Waals surface area contributed by atoms with E-state index in [4.69, 9.17) is 0 Å². The van der Waals surface area contributed by atoms with Crippen LogP contribution in [0.1, 0.15) is 25.8 Å². The van der Waals surface area contributed by atoms with Crippen LogP contribution in [0.2, 0.25) is 0 Å². The molecule has 0 aromatic heterocycles. The van der Waals surface area contributed by atoms with E-state index in [2.05, 4.69) is 22.9 Å². The third kappa shape index (κ3) is 3.26. The highest BCUT2D eigenvalue weighted by Crippen LogP contribution is 2.22. The normalized spacial score (nSPS) is 15.0. The van der Waals surface area contributed by atoms with Crippen molar-refractivity contribution in [3.05, 3.63) is 35.4 Å². The van der Waals surface area contributed by atoms with E-state index in [1.54, 1.807) is 12.1 Å². The monoisotopic (exact) mass is 276 g/mol. The van der Waals surface area contributed by atoms with Gasteiger partial charge < -0.3 is 0 Å². The van der Waals surface area contributed by atoms with Gasteiger partial charge in [-0.15, -0.1) is 0 Å². The number of rotatable bonds is 4. The Morgan fingerprint density at radius 1 is 1.33 bits per heavy atom. The first-order valence-corrected chi connectivity index (χ1v) is 6.04. The summed E-state index contributed by atoms with van der Waals surface area (Å²) in [5, 5.41) is 0. The van der Waals surface area contributed by atoms with Crippen molar-refractivity contribution in [2.75, 3.05) is 0 Å². The molecule has 84 valence electrons. The van der Waals surface area contributed by atoms with Crippen LogP contribution in [0.25, 0.3) is 0 Å². The van der Waals surface area contributed by atoms with Crippen LogP contribution in [0.4, 0.5) is 8.78 Å². The van der Waals surface area contributed by atoms with Crippen LogP contribution in [-0.2, 0) is 6.42 Å². The zero-order valence-corrected chi connectivity index (χ0v) is 10.5. The molecule has 0 aliphatic rings. The lowest BCUT2D eigenvalue weighted by molar-refractivity contribution is 0.477. The highest BCUT2D eigenvalue weighted by Gasteiger charge is 2.16. The van der Waals surface area contributed by atoms with E-state index in [1.165, 1.54) is 0 Å². The van der Waals surface area contributed by atoms with Crippen molar-refractivity contribution in [3.8, 4) is 0 Å². The molecule has 0 saturated heterocycles. The molecule has 15 heavy (non-hydrogen) atoms. The second-order valence-corrected chi connectivity index (χ2v) is 4.99. The standard InChI is InChI=1S/C12H15BrF2/c1-3-10(13)8(2)7-9-5-4-6-11(14)12(9)15/h4-6,8,10H,3,7H2,1-2H3. The fourth-order valence-corrected chi connectivity index (χ4v) is 1.77. The van der Waals surface area contributed by atoms with E-state index in [1.807, 2.05) is 6.92 Å². The van der Waals surface area contributed by atoms with Gasteiger partial charge in [-0.2, -0.15) is 0 Å². The number of benzene rings is 1. The van der Waals surface area contributed by atoms with Gasteiger partial charge in [0, 0.05) is 4.83 Å². The van der Waals surface area contributed by atoms with Crippen LogP contribution in [0.5, 0.6) is 0 Å². The van der Waals surface area contributed by atoms with Crippen molar-refractivity contribution in [1.29, 1.82) is 0 Å². The summed E-state index contributed by atoms with van der Waals surface area (Å²) in [6.45, 7) is 4.10. The quantitative estimate of drug-likeness (QED) is 0.719. The molecule has 2 unspecified atom stereocenters. The predicted octanol–water partition coefficient (Wildman–Crippen LogP) is 4.32. The lowest BCUT2D eigenvalue weighted by atomic mass is 9.96. The molecule has 0 bridgehead atoms. The minimum absolute atomic E-state index is 0.297. The molecule has 0 N–H and O–H groups in total. The smallest absolute Gasteiger partial charge is 0.162 e. The Morgan fingerprint density at radius 2 is 2.00 bits per heavy atom. The average Bonchev–Trinajstić information content (AvgIpc) is 2.23. The summed E-state index contributed by atoms with van der Waals surface area (Å²) in [5.74, 6) is -1.17. The molecule has 2 atom stereocenters. The Bertz CT molecular complexity index is 325. The fourth-order valence-electron chi connectivity index (χ4n) is 1.58. The summed E-state index contributed by atoms with van der Waals surface area (Å²) in [5.41, 5.74) is 0.459.